The first kappa shape index (κ1) is 16.5. The number of aryl methyl sites for hydroxylation is 1. The number of likely N-dealkylation sites (N-methyl/N-ethyl adjacent to an activating group) is 1. The van der Waals surface area contributed by atoms with Gasteiger partial charge in [-0.25, -0.2) is 0 Å². The Labute approximate surface area is 141 Å². The van der Waals surface area contributed by atoms with E-state index in [1.807, 2.05) is 31.2 Å². The number of amides is 1. The Balaban J connectivity index is 1.61. The van der Waals surface area contributed by atoms with Crippen LogP contribution in [-0.4, -0.2) is 75.7 Å². The number of carbonyl (C=O) groups excluding carboxylic acids is 1. The van der Waals surface area contributed by atoms with E-state index < -0.39 is 0 Å². The molecule has 0 atom stereocenters. The van der Waals surface area contributed by atoms with Crippen molar-refractivity contribution < 1.29 is 4.79 Å². The molecule has 0 saturated carbocycles. The Morgan fingerprint density at radius 1 is 1.25 bits per heavy atom. The van der Waals surface area contributed by atoms with E-state index in [0.29, 0.717) is 12.4 Å². The van der Waals surface area contributed by atoms with Crippen LogP contribution in [0.4, 0.5) is 5.69 Å². The molecule has 1 aromatic heterocycles. The van der Waals surface area contributed by atoms with Crippen LogP contribution in [0.25, 0.3) is 5.69 Å². The molecule has 0 bridgehead atoms. The smallest absolute Gasteiger partial charge is 0.238 e. The summed E-state index contributed by atoms with van der Waals surface area (Å²) in [5.41, 5.74) is 1.58. The predicted octanol–water partition coefficient (Wildman–Crippen LogP) is 0.547. The minimum absolute atomic E-state index is 0.00476. The molecular weight excluding hydrogens is 306 g/mol. The van der Waals surface area contributed by atoms with E-state index in [1.165, 1.54) is 0 Å². The maximum atomic E-state index is 12.3. The average Bonchev–Trinajstić information content (AvgIpc) is 2.88. The summed E-state index contributed by atoms with van der Waals surface area (Å²) >= 11 is 0. The molecule has 1 fully saturated rings. The summed E-state index contributed by atoms with van der Waals surface area (Å²) in [5.74, 6) is 0.706. The van der Waals surface area contributed by atoms with Crippen molar-refractivity contribution in [1.29, 1.82) is 0 Å². The molecule has 128 valence electrons. The minimum Gasteiger partial charge on any atom is -0.325 e. The summed E-state index contributed by atoms with van der Waals surface area (Å²) in [6.07, 6.45) is 1.10. The van der Waals surface area contributed by atoms with E-state index in [2.05, 4.69) is 37.7 Å². The van der Waals surface area contributed by atoms with Gasteiger partial charge in [-0.3, -0.25) is 9.69 Å². The van der Waals surface area contributed by atoms with Crippen molar-refractivity contribution in [3.05, 3.63) is 30.1 Å². The Morgan fingerprint density at radius 3 is 2.92 bits per heavy atom. The fourth-order valence-electron chi connectivity index (χ4n) is 2.85. The van der Waals surface area contributed by atoms with E-state index >= 15 is 0 Å². The fourth-order valence-corrected chi connectivity index (χ4v) is 2.85. The minimum atomic E-state index is 0.00476. The second-order valence-corrected chi connectivity index (χ2v) is 6.17. The number of rotatable bonds is 4. The lowest BCUT2D eigenvalue weighted by Crippen LogP contribution is -2.35. The lowest BCUT2D eigenvalue weighted by Gasteiger charge is -2.19. The van der Waals surface area contributed by atoms with Crippen LogP contribution in [0.2, 0.25) is 0 Å². The fraction of sp³-hybridized carbons (Fsp3) is 0.500. The van der Waals surface area contributed by atoms with Crippen LogP contribution in [-0.2, 0) is 4.79 Å². The van der Waals surface area contributed by atoms with Gasteiger partial charge in [0.15, 0.2) is 5.82 Å². The summed E-state index contributed by atoms with van der Waals surface area (Å²) in [6, 6.07) is 7.53. The Hall–Kier alpha value is -2.32. The summed E-state index contributed by atoms with van der Waals surface area (Å²) in [5, 5.41) is 14.4. The van der Waals surface area contributed by atoms with Gasteiger partial charge >= 0.3 is 0 Å². The van der Waals surface area contributed by atoms with Crippen molar-refractivity contribution in [3.63, 3.8) is 0 Å². The molecule has 8 nitrogen and oxygen atoms in total. The topological polar surface area (TPSA) is 79.2 Å². The first-order valence-corrected chi connectivity index (χ1v) is 8.18. The van der Waals surface area contributed by atoms with Crippen LogP contribution in [0.15, 0.2) is 24.3 Å². The molecule has 1 N–H and O–H groups in total. The maximum Gasteiger partial charge on any atom is 0.238 e. The maximum absolute atomic E-state index is 12.3. The van der Waals surface area contributed by atoms with Crippen LogP contribution in [0.5, 0.6) is 0 Å². The summed E-state index contributed by atoms with van der Waals surface area (Å²) < 4.78 is 1.64. The van der Waals surface area contributed by atoms with Crippen LogP contribution >= 0.6 is 0 Å². The number of tetrazole rings is 1. The number of nitrogens with zero attached hydrogens (tertiary/aromatic N) is 6. The van der Waals surface area contributed by atoms with Gasteiger partial charge in [-0.2, -0.15) is 4.68 Å². The monoisotopic (exact) mass is 329 g/mol. The van der Waals surface area contributed by atoms with Crippen molar-refractivity contribution in [2.75, 3.05) is 45.1 Å². The van der Waals surface area contributed by atoms with Gasteiger partial charge in [0.1, 0.15) is 0 Å². The van der Waals surface area contributed by atoms with Crippen LogP contribution in [0.3, 0.4) is 0 Å². The quantitative estimate of drug-likeness (QED) is 0.882. The number of anilines is 1. The van der Waals surface area contributed by atoms with Crippen LogP contribution in [0, 0.1) is 6.92 Å². The van der Waals surface area contributed by atoms with Crippen LogP contribution in [0.1, 0.15) is 12.2 Å². The number of hydrogen-bond acceptors (Lipinski definition) is 6. The third-order valence-electron chi connectivity index (χ3n) is 4.18. The normalized spacial score (nSPS) is 16.8. The number of carbonyl (C=O) groups is 1. The van der Waals surface area contributed by atoms with Crippen molar-refractivity contribution in [2.24, 2.45) is 0 Å². The van der Waals surface area contributed by atoms with Gasteiger partial charge < -0.3 is 10.2 Å². The lowest BCUT2D eigenvalue weighted by atomic mass is 10.2. The van der Waals surface area contributed by atoms with Crippen LogP contribution < -0.4 is 5.32 Å². The first-order chi connectivity index (χ1) is 11.6. The number of hydrogen-bond donors (Lipinski definition) is 1. The van der Waals surface area contributed by atoms with Crippen molar-refractivity contribution >= 4 is 11.6 Å². The van der Waals surface area contributed by atoms with Gasteiger partial charge in [-0.15, -0.1) is 5.10 Å². The van der Waals surface area contributed by atoms with Gasteiger partial charge in [-0.1, -0.05) is 6.07 Å². The summed E-state index contributed by atoms with van der Waals surface area (Å²) in [6.45, 7) is 6.23. The number of nitrogens with one attached hydrogen (secondary N) is 1. The molecule has 3 rings (SSSR count). The van der Waals surface area contributed by atoms with Gasteiger partial charge in [0.2, 0.25) is 5.91 Å². The largest absolute Gasteiger partial charge is 0.325 e. The molecule has 0 spiro atoms. The third kappa shape index (κ3) is 4.15. The van der Waals surface area contributed by atoms with Crippen molar-refractivity contribution in [3.8, 4) is 5.69 Å². The van der Waals surface area contributed by atoms with E-state index in [0.717, 1.165) is 44.0 Å². The molecule has 1 saturated heterocycles. The molecule has 8 heteroatoms. The number of aromatic nitrogens is 4. The highest BCUT2D eigenvalue weighted by atomic mass is 16.2. The summed E-state index contributed by atoms with van der Waals surface area (Å²) in [7, 11) is 2.12. The molecular formula is C16H23N7O. The second kappa shape index (κ2) is 7.50. The highest BCUT2D eigenvalue weighted by molar-refractivity contribution is 5.92. The van der Waals surface area contributed by atoms with Gasteiger partial charge in [0.05, 0.1) is 12.2 Å². The van der Waals surface area contributed by atoms with Gasteiger partial charge in [0.25, 0.3) is 0 Å². The molecule has 2 heterocycles. The molecule has 2 aromatic rings. The highest BCUT2D eigenvalue weighted by Gasteiger charge is 2.15. The Bertz CT molecular complexity index is 699. The summed E-state index contributed by atoms with van der Waals surface area (Å²) in [4.78, 5) is 16.8. The Morgan fingerprint density at radius 2 is 2.12 bits per heavy atom. The Kier molecular flexibility index (Phi) is 5.17. The standard InChI is InChI=1S/C16H23N7O/c1-13-18-19-20-23(13)15-6-3-5-14(11-15)17-16(24)12-22-8-4-7-21(2)9-10-22/h3,5-6,11H,4,7-10,12H2,1-2H3,(H,17,24). The zero-order valence-corrected chi connectivity index (χ0v) is 14.1. The molecule has 1 aromatic carbocycles. The molecule has 1 amide bonds. The molecule has 1 aliphatic rings. The zero-order valence-electron chi connectivity index (χ0n) is 14.1. The van der Waals surface area contributed by atoms with E-state index in [-0.39, 0.29) is 5.91 Å². The lowest BCUT2D eigenvalue weighted by molar-refractivity contribution is -0.117. The van der Waals surface area contributed by atoms with E-state index in [4.69, 9.17) is 0 Å². The molecule has 24 heavy (non-hydrogen) atoms. The van der Waals surface area contributed by atoms with Gasteiger partial charge in [0, 0.05) is 18.8 Å². The molecule has 1 aliphatic heterocycles. The predicted molar refractivity (Wildman–Crippen MR) is 91.1 cm³/mol. The first-order valence-electron chi connectivity index (χ1n) is 8.18. The molecule has 0 unspecified atom stereocenters. The SMILES string of the molecule is Cc1nnnn1-c1cccc(NC(=O)CN2CCCN(C)CC2)c1. The zero-order chi connectivity index (χ0) is 16.9. The van der Waals surface area contributed by atoms with Gasteiger partial charge in [-0.05, 0) is 62.1 Å². The number of benzene rings is 1. The third-order valence-corrected chi connectivity index (χ3v) is 4.18. The van der Waals surface area contributed by atoms with E-state index in [9.17, 15) is 4.79 Å². The van der Waals surface area contributed by atoms with Crippen molar-refractivity contribution in [1.82, 2.24) is 30.0 Å². The highest BCUT2D eigenvalue weighted by Crippen LogP contribution is 2.14. The molecule has 0 aliphatic carbocycles. The van der Waals surface area contributed by atoms with E-state index in [1.54, 1.807) is 4.68 Å². The van der Waals surface area contributed by atoms with Crippen molar-refractivity contribution in [2.45, 2.75) is 13.3 Å². The second-order valence-electron chi connectivity index (χ2n) is 6.17. The molecule has 0 radical (unpaired) electrons. The average molecular weight is 329 g/mol.